The second-order valence-corrected chi connectivity index (χ2v) is 13.6. The van der Waals surface area contributed by atoms with Crippen molar-refractivity contribution in [2.75, 3.05) is 26.2 Å². The topological polar surface area (TPSA) is 115 Å². The Hall–Kier alpha value is -1.89. The fourth-order valence-electron chi connectivity index (χ4n) is 6.61. The van der Waals surface area contributed by atoms with E-state index in [1.54, 1.807) is 6.92 Å². The zero-order chi connectivity index (χ0) is 33.8. The highest BCUT2D eigenvalue weighted by molar-refractivity contribution is 5.70. The van der Waals surface area contributed by atoms with Crippen LogP contribution in [0.15, 0.2) is 12.2 Å². The van der Waals surface area contributed by atoms with Gasteiger partial charge in [-0.3, -0.25) is 9.59 Å². The average molecular weight is 638 g/mol. The lowest BCUT2D eigenvalue weighted by Gasteiger charge is -2.44. The third kappa shape index (κ3) is 22.3. The van der Waals surface area contributed by atoms with Gasteiger partial charge in [0.05, 0.1) is 32.1 Å². The molecule has 0 amide bonds. The summed E-state index contributed by atoms with van der Waals surface area (Å²) in [5.41, 5.74) is 0. The summed E-state index contributed by atoms with van der Waals surface area (Å²) in [5.74, 6) is -4.95. The smallest absolute Gasteiger partial charge is 0.312 e. The molecular formula is C38H71NO6. The Kier molecular flexibility index (Phi) is 27.2. The molecule has 0 aromatic heterocycles. The molecule has 3 atom stereocenters. The fraction of sp³-hybridized carbons (Fsp3) is 0.868. The van der Waals surface area contributed by atoms with Crippen LogP contribution in [0.1, 0.15) is 169 Å². The molecule has 0 saturated heterocycles. The minimum Gasteiger partial charge on any atom is -0.550 e. The lowest BCUT2D eigenvalue weighted by Crippen LogP contribution is -2.59. The number of carboxylic acid groups (broad SMARTS) is 3. The quantitative estimate of drug-likeness (QED) is 0.0422. The molecule has 0 bridgehead atoms. The number of quaternary nitrogens is 1. The Morgan fingerprint density at radius 3 is 1.20 bits per heavy atom. The molecule has 2 N–H and O–H groups in total. The Labute approximate surface area is 276 Å². The molecule has 0 aliphatic heterocycles. The van der Waals surface area contributed by atoms with E-state index in [9.17, 15) is 29.7 Å². The average Bonchev–Trinajstić information content (AvgIpc) is 3.01. The maximum Gasteiger partial charge on any atom is 0.312 e. The predicted octanol–water partition coefficient (Wildman–Crippen LogP) is 8.79. The number of carbonyl (C=O) groups excluding carboxylic acids is 1. The third-order valence-corrected chi connectivity index (χ3v) is 9.73. The van der Waals surface area contributed by atoms with E-state index in [2.05, 4.69) is 19.1 Å². The molecule has 0 fully saturated rings. The molecule has 0 aromatic rings. The summed E-state index contributed by atoms with van der Waals surface area (Å²) in [7, 11) is 0. The van der Waals surface area contributed by atoms with Crippen molar-refractivity contribution in [3.05, 3.63) is 12.2 Å². The number of unbranched alkanes of at least 4 members (excludes halogenated alkanes) is 17. The summed E-state index contributed by atoms with van der Waals surface area (Å²) >= 11 is 0. The molecule has 264 valence electrons. The maximum atomic E-state index is 12.0. The highest BCUT2D eigenvalue weighted by Crippen LogP contribution is 2.25. The van der Waals surface area contributed by atoms with Crippen molar-refractivity contribution in [2.24, 2.45) is 17.8 Å². The SMILES string of the molecule is CCCCCCCCCCC/C=C/CCCCCCCCCC[N+](CC(CC)C(=O)[O-])(CC(CC)C(=O)O)CC(CC)C(=O)O. The first-order chi connectivity index (χ1) is 21.7. The number of nitrogens with zero attached hydrogens (tertiary/aromatic N) is 1. The Morgan fingerprint density at radius 2 is 0.867 bits per heavy atom. The van der Waals surface area contributed by atoms with Gasteiger partial charge >= 0.3 is 11.9 Å². The Bertz CT molecular complexity index is 722. The largest absolute Gasteiger partial charge is 0.550 e. The molecule has 7 heteroatoms. The van der Waals surface area contributed by atoms with Crippen LogP contribution in [0.25, 0.3) is 0 Å². The highest BCUT2D eigenvalue weighted by Gasteiger charge is 2.39. The van der Waals surface area contributed by atoms with Crippen molar-refractivity contribution in [3.8, 4) is 0 Å². The van der Waals surface area contributed by atoms with Crippen LogP contribution in [-0.2, 0) is 14.4 Å². The number of allylic oxidation sites excluding steroid dienone is 2. The van der Waals surface area contributed by atoms with Crippen LogP contribution in [0.5, 0.6) is 0 Å². The van der Waals surface area contributed by atoms with Gasteiger partial charge < -0.3 is 24.6 Å². The van der Waals surface area contributed by atoms with Crippen LogP contribution in [0.2, 0.25) is 0 Å². The monoisotopic (exact) mass is 638 g/mol. The van der Waals surface area contributed by atoms with E-state index in [4.69, 9.17) is 0 Å². The zero-order valence-electron chi connectivity index (χ0n) is 29.7. The van der Waals surface area contributed by atoms with Crippen molar-refractivity contribution in [1.82, 2.24) is 0 Å². The van der Waals surface area contributed by atoms with Gasteiger partial charge in [-0.05, 0) is 57.8 Å². The standard InChI is InChI=1S/C38H71NO6/c1-5-9-10-11-12-13-14-15-16-17-18-19-20-21-22-23-24-25-26-27-28-29-39(30-33(6-2)36(40)41,31-34(7-3)37(42)43)32-35(8-4)38(44)45/h18-19,33-35H,5-17,20-32H2,1-4H3,(H2-,40,41,42,43,44,45)/b19-18+. The summed E-state index contributed by atoms with van der Waals surface area (Å²) in [6.07, 6.45) is 29.8. The van der Waals surface area contributed by atoms with Crippen molar-refractivity contribution >= 4 is 17.9 Å². The first-order valence-electron chi connectivity index (χ1n) is 18.8. The van der Waals surface area contributed by atoms with Crippen molar-refractivity contribution in [2.45, 2.75) is 169 Å². The van der Waals surface area contributed by atoms with Crippen molar-refractivity contribution in [3.63, 3.8) is 0 Å². The van der Waals surface area contributed by atoms with Gasteiger partial charge in [-0.2, -0.15) is 0 Å². The Balaban J connectivity index is 4.52. The van der Waals surface area contributed by atoms with E-state index in [0.29, 0.717) is 25.8 Å². The molecule has 7 nitrogen and oxygen atoms in total. The molecule has 0 heterocycles. The summed E-state index contributed by atoms with van der Waals surface area (Å²) in [4.78, 5) is 35.9. The van der Waals surface area contributed by atoms with Gasteiger partial charge in [0.1, 0.15) is 11.8 Å². The van der Waals surface area contributed by atoms with Gasteiger partial charge in [-0.25, -0.2) is 0 Å². The minimum absolute atomic E-state index is 0.217. The normalized spacial score (nSPS) is 15.1. The number of hydrogen-bond acceptors (Lipinski definition) is 4. The molecule has 3 unspecified atom stereocenters. The summed E-state index contributed by atoms with van der Waals surface area (Å²) in [5, 5.41) is 31.5. The molecule has 45 heavy (non-hydrogen) atoms. The van der Waals surface area contributed by atoms with Crippen LogP contribution >= 0.6 is 0 Å². The molecular weight excluding hydrogens is 566 g/mol. The molecule has 0 aromatic carbocycles. The number of rotatable bonds is 33. The second kappa shape index (κ2) is 28.3. The van der Waals surface area contributed by atoms with Crippen LogP contribution < -0.4 is 5.11 Å². The molecule has 0 aliphatic carbocycles. The van der Waals surface area contributed by atoms with Gasteiger partial charge in [0, 0.05) is 5.92 Å². The first kappa shape index (κ1) is 43.1. The highest BCUT2D eigenvalue weighted by atomic mass is 16.4. The number of carbonyl (C=O) groups is 3. The lowest BCUT2D eigenvalue weighted by atomic mass is 9.95. The number of hydrogen-bond donors (Lipinski definition) is 2. The van der Waals surface area contributed by atoms with E-state index in [0.717, 1.165) is 25.7 Å². The number of aliphatic carboxylic acids is 3. The summed E-state index contributed by atoms with van der Waals surface area (Å²) in [6, 6.07) is 0. The second-order valence-electron chi connectivity index (χ2n) is 13.6. The summed E-state index contributed by atoms with van der Waals surface area (Å²) < 4.78 is 0.217. The maximum absolute atomic E-state index is 12.0. The van der Waals surface area contributed by atoms with Crippen LogP contribution in [0, 0.1) is 17.8 Å². The van der Waals surface area contributed by atoms with Gasteiger partial charge in [0.25, 0.3) is 0 Å². The minimum atomic E-state index is -1.14. The van der Waals surface area contributed by atoms with E-state index in [1.807, 2.05) is 13.8 Å². The summed E-state index contributed by atoms with van der Waals surface area (Å²) in [6.45, 7) is 9.06. The van der Waals surface area contributed by atoms with Crippen LogP contribution in [0.4, 0.5) is 0 Å². The molecule has 0 aliphatic rings. The fourth-order valence-corrected chi connectivity index (χ4v) is 6.61. The first-order valence-corrected chi connectivity index (χ1v) is 18.8. The van der Waals surface area contributed by atoms with E-state index in [1.165, 1.54) is 96.3 Å². The Morgan fingerprint density at radius 1 is 0.533 bits per heavy atom. The van der Waals surface area contributed by atoms with Gasteiger partial charge in [0.15, 0.2) is 0 Å². The van der Waals surface area contributed by atoms with Crippen molar-refractivity contribution < 1.29 is 34.2 Å². The molecule has 0 spiro atoms. The molecule has 0 saturated carbocycles. The molecule has 0 rings (SSSR count). The number of carboxylic acids is 3. The predicted molar refractivity (Wildman–Crippen MR) is 184 cm³/mol. The van der Waals surface area contributed by atoms with E-state index < -0.39 is 35.7 Å². The van der Waals surface area contributed by atoms with E-state index in [-0.39, 0.29) is 24.1 Å². The van der Waals surface area contributed by atoms with Gasteiger partial charge in [-0.15, -0.1) is 0 Å². The lowest BCUT2D eigenvalue weighted by molar-refractivity contribution is -0.935. The zero-order valence-corrected chi connectivity index (χ0v) is 29.7. The van der Waals surface area contributed by atoms with Crippen molar-refractivity contribution in [1.29, 1.82) is 0 Å². The third-order valence-electron chi connectivity index (χ3n) is 9.73. The van der Waals surface area contributed by atoms with Crippen LogP contribution in [-0.4, -0.2) is 58.8 Å². The van der Waals surface area contributed by atoms with Gasteiger partial charge in [0.2, 0.25) is 0 Å². The van der Waals surface area contributed by atoms with Gasteiger partial charge in [-0.1, -0.05) is 123 Å². The van der Waals surface area contributed by atoms with E-state index >= 15 is 0 Å². The van der Waals surface area contributed by atoms with Crippen LogP contribution in [0.3, 0.4) is 0 Å². The molecule has 0 radical (unpaired) electrons.